The van der Waals surface area contributed by atoms with Gasteiger partial charge in [0.2, 0.25) is 0 Å². The van der Waals surface area contributed by atoms with Gasteiger partial charge in [-0.1, -0.05) is 43.5 Å². The lowest BCUT2D eigenvalue weighted by molar-refractivity contribution is -0.139. The topological polar surface area (TPSA) is 79.3 Å². The highest BCUT2D eigenvalue weighted by Crippen LogP contribution is 2.43. The molecule has 0 spiro atoms. The van der Waals surface area contributed by atoms with Gasteiger partial charge in [0.15, 0.2) is 0 Å². The van der Waals surface area contributed by atoms with Crippen LogP contribution >= 0.6 is 11.6 Å². The summed E-state index contributed by atoms with van der Waals surface area (Å²) in [4.78, 5) is 29.8. The number of benzene rings is 2. The summed E-state index contributed by atoms with van der Waals surface area (Å²) in [5, 5.41) is 11.7. The molecule has 1 heterocycles. The minimum absolute atomic E-state index is 0.0155. The van der Waals surface area contributed by atoms with Crippen molar-refractivity contribution in [1.29, 1.82) is 0 Å². The number of unbranched alkanes of at least 4 members (excludes halogenated alkanes) is 2. The number of methoxy groups -OCH3 is 2. The van der Waals surface area contributed by atoms with Crippen molar-refractivity contribution in [3.63, 3.8) is 0 Å². The largest absolute Gasteiger partial charge is 0.507 e. The predicted molar refractivity (Wildman–Crippen MR) is 134 cm³/mol. The highest BCUT2D eigenvalue weighted by Gasteiger charge is 2.46. The fourth-order valence-corrected chi connectivity index (χ4v) is 4.37. The molecule has 0 saturated carbocycles. The molecular formula is C26H31ClN2O5. The van der Waals surface area contributed by atoms with Crippen LogP contribution in [-0.4, -0.2) is 56.6 Å². The van der Waals surface area contributed by atoms with Crippen LogP contribution in [0.5, 0.6) is 11.5 Å². The van der Waals surface area contributed by atoms with Crippen molar-refractivity contribution in [2.24, 2.45) is 0 Å². The van der Waals surface area contributed by atoms with Crippen LogP contribution in [0.25, 0.3) is 5.76 Å². The summed E-state index contributed by atoms with van der Waals surface area (Å²) in [5.41, 5.74) is 1.96. The van der Waals surface area contributed by atoms with Crippen LogP contribution in [0.3, 0.4) is 0 Å². The van der Waals surface area contributed by atoms with Crippen LogP contribution in [-0.2, 0) is 9.59 Å². The third-order valence-electron chi connectivity index (χ3n) is 6.00. The number of ether oxygens (including phenoxy) is 2. The lowest BCUT2D eigenvalue weighted by atomic mass is 9.94. The number of aliphatic hydroxyl groups is 1. The van der Waals surface area contributed by atoms with E-state index in [9.17, 15) is 14.7 Å². The zero-order chi connectivity index (χ0) is 25.0. The quantitative estimate of drug-likeness (QED) is 0.231. The van der Waals surface area contributed by atoms with Gasteiger partial charge in [-0.15, -0.1) is 0 Å². The second-order valence-electron chi connectivity index (χ2n) is 8.37. The molecule has 182 valence electrons. The summed E-state index contributed by atoms with van der Waals surface area (Å²) in [6.45, 7) is 2.49. The first-order valence-electron chi connectivity index (χ1n) is 11.2. The molecule has 1 aliphatic rings. The smallest absolute Gasteiger partial charge is 0.295 e. The average Bonchev–Trinajstić information content (AvgIpc) is 3.08. The molecule has 1 aliphatic heterocycles. The molecule has 1 amide bonds. The Kier molecular flexibility index (Phi) is 8.10. The minimum Gasteiger partial charge on any atom is -0.507 e. The van der Waals surface area contributed by atoms with Gasteiger partial charge in [0, 0.05) is 32.4 Å². The van der Waals surface area contributed by atoms with E-state index in [1.54, 1.807) is 4.90 Å². The molecular weight excluding hydrogens is 456 g/mol. The normalized spacial score (nSPS) is 17.2. The van der Waals surface area contributed by atoms with E-state index in [0.29, 0.717) is 17.3 Å². The summed E-state index contributed by atoms with van der Waals surface area (Å²) in [7, 11) is 6.77. The van der Waals surface area contributed by atoms with Crippen LogP contribution in [0, 0.1) is 0 Å². The van der Waals surface area contributed by atoms with Crippen LogP contribution in [0.15, 0.2) is 42.0 Å². The van der Waals surface area contributed by atoms with Crippen molar-refractivity contribution in [2.45, 2.75) is 32.2 Å². The number of ketones is 1. The Labute approximate surface area is 205 Å². The molecule has 1 N–H and O–H groups in total. The second kappa shape index (κ2) is 10.8. The van der Waals surface area contributed by atoms with E-state index in [0.717, 1.165) is 30.5 Å². The Hall–Kier alpha value is -3.19. The Morgan fingerprint density at radius 3 is 2.26 bits per heavy atom. The SMILES string of the molecule is CCCCCN1C(=O)C(=O)/C(=C(/O)c2cc(OC)c(Cl)cc2OC)C1c1ccc(N(C)C)cc1. The Morgan fingerprint density at radius 1 is 1.06 bits per heavy atom. The number of hydrogen-bond acceptors (Lipinski definition) is 6. The van der Waals surface area contributed by atoms with E-state index in [2.05, 4.69) is 6.92 Å². The summed E-state index contributed by atoms with van der Waals surface area (Å²) < 4.78 is 10.7. The van der Waals surface area contributed by atoms with Crippen LogP contribution in [0.2, 0.25) is 5.02 Å². The number of rotatable bonds is 9. The molecule has 1 unspecified atom stereocenters. The molecule has 1 atom stereocenters. The van der Waals surface area contributed by atoms with Gasteiger partial charge in [0.05, 0.1) is 36.4 Å². The van der Waals surface area contributed by atoms with Gasteiger partial charge in [-0.25, -0.2) is 0 Å². The minimum atomic E-state index is -0.730. The third-order valence-corrected chi connectivity index (χ3v) is 6.29. The molecule has 2 aromatic rings. The highest BCUT2D eigenvalue weighted by molar-refractivity contribution is 6.46. The number of halogens is 1. The van der Waals surface area contributed by atoms with E-state index >= 15 is 0 Å². The maximum absolute atomic E-state index is 13.2. The monoisotopic (exact) mass is 486 g/mol. The number of Topliss-reactive ketones (excluding diaryl/α,β-unsaturated/α-hetero) is 1. The maximum Gasteiger partial charge on any atom is 0.295 e. The van der Waals surface area contributed by atoms with Crippen molar-refractivity contribution in [2.75, 3.05) is 39.8 Å². The number of likely N-dealkylation sites (tertiary alicyclic amines) is 1. The van der Waals surface area contributed by atoms with Gasteiger partial charge in [0.25, 0.3) is 11.7 Å². The Balaban J connectivity index is 2.20. The molecule has 0 bridgehead atoms. The van der Waals surface area contributed by atoms with Gasteiger partial charge in [-0.2, -0.15) is 0 Å². The highest BCUT2D eigenvalue weighted by atomic mass is 35.5. The summed E-state index contributed by atoms with van der Waals surface area (Å²) >= 11 is 6.22. The molecule has 3 rings (SSSR count). The molecule has 1 fully saturated rings. The molecule has 0 aromatic heterocycles. The van der Waals surface area contributed by atoms with Crippen LogP contribution in [0.1, 0.15) is 43.4 Å². The summed E-state index contributed by atoms with van der Waals surface area (Å²) in [6, 6.07) is 9.90. The fourth-order valence-electron chi connectivity index (χ4n) is 4.13. The number of hydrogen-bond donors (Lipinski definition) is 1. The number of aliphatic hydroxyl groups excluding tert-OH is 1. The standard InChI is InChI=1S/C26H31ClN2O5/c1-6-7-8-13-29-23(16-9-11-17(12-10-16)28(2)3)22(25(31)26(29)32)24(30)18-14-21(34-5)19(27)15-20(18)33-4/h9-12,14-15,23,30H,6-8,13H2,1-5H3/b24-22+. The number of amides is 1. The summed E-state index contributed by atoms with van der Waals surface area (Å²) in [5.74, 6) is -1.11. The van der Waals surface area contributed by atoms with Crippen LogP contribution in [0.4, 0.5) is 5.69 Å². The van der Waals surface area contributed by atoms with Crippen molar-refractivity contribution in [3.05, 3.63) is 58.1 Å². The van der Waals surface area contributed by atoms with Crippen molar-refractivity contribution in [3.8, 4) is 11.5 Å². The number of anilines is 1. The van der Waals surface area contributed by atoms with Gasteiger partial charge in [0.1, 0.15) is 17.3 Å². The average molecular weight is 487 g/mol. The number of carbonyl (C=O) groups excluding carboxylic acids is 2. The number of nitrogens with zero attached hydrogens (tertiary/aromatic N) is 2. The van der Waals surface area contributed by atoms with Gasteiger partial charge in [-0.3, -0.25) is 9.59 Å². The van der Waals surface area contributed by atoms with E-state index in [1.165, 1.54) is 26.4 Å². The van der Waals surface area contributed by atoms with E-state index in [1.807, 2.05) is 43.3 Å². The molecule has 2 aromatic carbocycles. The zero-order valence-electron chi connectivity index (χ0n) is 20.2. The predicted octanol–water partition coefficient (Wildman–Crippen LogP) is 5.04. The van der Waals surface area contributed by atoms with Gasteiger partial charge in [-0.05, 0) is 30.2 Å². The molecule has 8 heteroatoms. The molecule has 0 radical (unpaired) electrons. The van der Waals surface area contributed by atoms with Crippen LogP contribution < -0.4 is 14.4 Å². The Bertz CT molecular complexity index is 1100. The van der Waals surface area contributed by atoms with Crippen molar-refractivity contribution in [1.82, 2.24) is 4.90 Å². The Morgan fingerprint density at radius 2 is 1.71 bits per heavy atom. The van der Waals surface area contributed by atoms with E-state index in [-0.39, 0.29) is 22.6 Å². The molecule has 0 aliphatic carbocycles. The van der Waals surface area contributed by atoms with Gasteiger partial charge >= 0.3 is 0 Å². The molecule has 34 heavy (non-hydrogen) atoms. The first kappa shape index (κ1) is 25.4. The van der Waals surface area contributed by atoms with Gasteiger partial charge < -0.3 is 24.4 Å². The summed E-state index contributed by atoms with van der Waals surface area (Å²) in [6.07, 6.45) is 2.67. The molecule has 7 nitrogen and oxygen atoms in total. The van der Waals surface area contributed by atoms with E-state index in [4.69, 9.17) is 21.1 Å². The maximum atomic E-state index is 13.2. The van der Waals surface area contributed by atoms with Crippen molar-refractivity contribution >= 4 is 34.7 Å². The first-order chi connectivity index (χ1) is 16.2. The van der Waals surface area contributed by atoms with E-state index < -0.39 is 17.7 Å². The fraction of sp³-hybridized carbons (Fsp3) is 0.385. The third kappa shape index (κ3) is 4.85. The number of carbonyl (C=O) groups is 2. The first-order valence-corrected chi connectivity index (χ1v) is 11.6. The second-order valence-corrected chi connectivity index (χ2v) is 8.78. The van der Waals surface area contributed by atoms with Crippen molar-refractivity contribution < 1.29 is 24.2 Å². The molecule has 1 saturated heterocycles. The lowest BCUT2D eigenvalue weighted by Crippen LogP contribution is -2.30. The lowest BCUT2D eigenvalue weighted by Gasteiger charge is -2.26. The zero-order valence-corrected chi connectivity index (χ0v) is 21.0.